The number of fused-ring (bicyclic) bond motifs is 2. The molecule has 0 atom stereocenters. The molecule has 3 heterocycles. The van der Waals surface area contributed by atoms with Crippen LogP contribution in [-0.2, 0) is 6.54 Å². The van der Waals surface area contributed by atoms with Crippen LogP contribution in [0.5, 0.6) is 5.75 Å². The molecular formula is C32H30N4O3. The second kappa shape index (κ2) is 9.42. The number of aryl methyl sites for hydroxylation is 1. The lowest BCUT2D eigenvalue weighted by molar-refractivity contribution is 0.144. The van der Waals surface area contributed by atoms with E-state index in [1.54, 1.807) is 12.1 Å². The Hall–Kier alpha value is -4.39. The van der Waals surface area contributed by atoms with Gasteiger partial charge < -0.3 is 19.3 Å². The van der Waals surface area contributed by atoms with Gasteiger partial charge in [0.05, 0.1) is 23.3 Å². The molecule has 7 rings (SSSR count). The van der Waals surface area contributed by atoms with Gasteiger partial charge >= 0.3 is 6.16 Å². The standard InChI is InChI=1S/C32H30N4O3/c1-20-16-24(26-19-35-15-5-4-8-29(35)33-26)17-27-30(20)34-31(23-13-14-23)36(27)18-21-9-11-22(12-10-21)25-6-2-3-7-28(25)39-32(37)38/h2-3,6-12,16-17,23H,4-5,13-15,18-19H2,1H3,(H,37,38). The van der Waals surface area contributed by atoms with Crippen LogP contribution in [0.15, 0.2) is 77.6 Å². The first-order chi connectivity index (χ1) is 19.0. The summed E-state index contributed by atoms with van der Waals surface area (Å²) < 4.78 is 7.39. The highest BCUT2D eigenvalue weighted by atomic mass is 16.7. The molecule has 0 unspecified atom stereocenters. The Morgan fingerprint density at radius 2 is 1.90 bits per heavy atom. The van der Waals surface area contributed by atoms with Gasteiger partial charge in [0.2, 0.25) is 0 Å². The number of hydrogen-bond donors (Lipinski definition) is 1. The van der Waals surface area contributed by atoms with Crippen molar-refractivity contribution in [2.24, 2.45) is 4.99 Å². The minimum atomic E-state index is -1.32. The molecule has 3 aliphatic rings. The maximum Gasteiger partial charge on any atom is 0.511 e. The number of nitrogens with zero attached hydrogens (tertiary/aromatic N) is 4. The summed E-state index contributed by atoms with van der Waals surface area (Å²) in [6, 6.07) is 20.0. The molecule has 0 spiro atoms. The van der Waals surface area contributed by atoms with Crippen LogP contribution in [-0.4, -0.2) is 44.5 Å². The van der Waals surface area contributed by atoms with E-state index < -0.39 is 6.16 Å². The van der Waals surface area contributed by atoms with Crippen LogP contribution in [0, 0.1) is 6.92 Å². The number of carboxylic acid groups (broad SMARTS) is 1. The fourth-order valence-corrected chi connectivity index (χ4v) is 5.80. The SMILES string of the molecule is Cc1cc(C2=NC3=CCCCN3C2)cc2c1nc(C1CC1)n2Cc1ccc(-c2ccccc2OC(=O)O)cc1. The maximum absolute atomic E-state index is 11.1. The normalized spacial score (nSPS) is 16.7. The van der Waals surface area contributed by atoms with Crippen LogP contribution >= 0.6 is 0 Å². The zero-order valence-corrected chi connectivity index (χ0v) is 21.9. The number of aromatic nitrogens is 2. The van der Waals surface area contributed by atoms with Gasteiger partial charge in [0.25, 0.3) is 0 Å². The predicted molar refractivity (Wildman–Crippen MR) is 152 cm³/mol. The van der Waals surface area contributed by atoms with Crippen molar-refractivity contribution in [3.8, 4) is 16.9 Å². The van der Waals surface area contributed by atoms with Gasteiger partial charge in [-0.3, -0.25) is 0 Å². The average molecular weight is 519 g/mol. The Morgan fingerprint density at radius 3 is 2.67 bits per heavy atom. The first-order valence-corrected chi connectivity index (χ1v) is 13.7. The van der Waals surface area contributed by atoms with Crippen molar-refractivity contribution in [3.63, 3.8) is 0 Å². The molecule has 0 radical (unpaired) electrons. The summed E-state index contributed by atoms with van der Waals surface area (Å²) in [6.07, 6.45) is 5.61. The molecule has 0 saturated heterocycles. The number of allylic oxidation sites excluding steroid dienone is 1. The van der Waals surface area contributed by atoms with Gasteiger partial charge in [-0.05, 0) is 73.6 Å². The summed E-state index contributed by atoms with van der Waals surface area (Å²) >= 11 is 0. The molecule has 7 nitrogen and oxygen atoms in total. The average Bonchev–Trinajstić information content (AvgIpc) is 3.58. The Labute approximate surface area is 227 Å². The summed E-state index contributed by atoms with van der Waals surface area (Å²) in [7, 11) is 0. The second-order valence-corrected chi connectivity index (χ2v) is 10.7. The summed E-state index contributed by atoms with van der Waals surface area (Å²) in [4.78, 5) is 23.6. The Kier molecular flexibility index (Phi) is 5.72. The maximum atomic E-state index is 11.1. The molecule has 1 fully saturated rings. The van der Waals surface area contributed by atoms with E-state index in [1.807, 2.05) is 24.3 Å². The molecular weight excluding hydrogens is 488 g/mol. The highest BCUT2D eigenvalue weighted by Crippen LogP contribution is 2.42. The summed E-state index contributed by atoms with van der Waals surface area (Å²) in [5.74, 6) is 3.14. The third-order valence-corrected chi connectivity index (χ3v) is 7.91. The fourth-order valence-electron chi connectivity index (χ4n) is 5.80. The Morgan fingerprint density at radius 1 is 1.08 bits per heavy atom. The molecule has 0 bridgehead atoms. The predicted octanol–water partition coefficient (Wildman–Crippen LogP) is 6.73. The van der Waals surface area contributed by atoms with E-state index in [9.17, 15) is 4.79 Å². The second-order valence-electron chi connectivity index (χ2n) is 10.7. The van der Waals surface area contributed by atoms with E-state index in [0.717, 1.165) is 59.7 Å². The number of rotatable bonds is 6. The third kappa shape index (κ3) is 4.48. The number of hydrogen-bond acceptors (Lipinski definition) is 5. The van der Waals surface area contributed by atoms with Crippen molar-refractivity contribution in [1.82, 2.24) is 14.5 Å². The number of aliphatic imine (C=N–C) groups is 1. The molecule has 0 amide bonds. The van der Waals surface area contributed by atoms with Crippen molar-refractivity contribution in [2.75, 3.05) is 13.1 Å². The smallest absolute Gasteiger partial charge is 0.449 e. The Balaban J connectivity index is 1.24. The quantitative estimate of drug-likeness (QED) is 0.226. The first-order valence-electron chi connectivity index (χ1n) is 13.7. The van der Waals surface area contributed by atoms with Gasteiger partial charge in [-0.1, -0.05) is 42.5 Å². The van der Waals surface area contributed by atoms with Crippen molar-refractivity contribution in [3.05, 3.63) is 95.1 Å². The molecule has 3 aromatic carbocycles. The van der Waals surface area contributed by atoms with Crippen LogP contribution in [0.2, 0.25) is 0 Å². The number of ether oxygens (including phenoxy) is 1. The lowest BCUT2D eigenvalue weighted by atomic mass is 10.0. The van der Waals surface area contributed by atoms with Crippen LogP contribution in [0.4, 0.5) is 4.79 Å². The van der Waals surface area contributed by atoms with Crippen LogP contribution in [0.25, 0.3) is 22.2 Å². The highest BCUT2D eigenvalue weighted by molar-refractivity contribution is 6.06. The zero-order chi connectivity index (χ0) is 26.5. The highest BCUT2D eigenvalue weighted by Gasteiger charge is 2.31. The summed E-state index contributed by atoms with van der Waals surface area (Å²) in [6.45, 7) is 4.83. The first kappa shape index (κ1) is 23.7. The third-order valence-electron chi connectivity index (χ3n) is 7.91. The minimum absolute atomic E-state index is 0.333. The van der Waals surface area contributed by atoms with Gasteiger partial charge in [-0.25, -0.2) is 14.8 Å². The topological polar surface area (TPSA) is 80.0 Å². The molecule has 1 aromatic heterocycles. The monoisotopic (exact) mass is 518 g/mol. The van der Waals surface area contributed by atoms with Gasteiger partial charge in [0, 0.05) is 30.1 Å². The lowest BCUT2D eigenvalue weighted by Crippen LogP contribution is -2.25. The van der Waals surface area contributed by atoms with Crippen LogP contribution in [0.1, 0.15) is 54.1 Å². The number of benzene rings is 3. The van der Waals surface area contributed by atoms with Crippen molar-refractivity contribution >= 4 is 22.9 Å². The van der Waals surface area contributed by atoms with E-state index in [1.165, 1.54) is 41.8 Å². The zero-order valence-electron chi connectivity index (χ0n) is 21.9. The van der Waals surface area contributed by atoms with Crippen molar-refractivity contribution in [1.29, 1.82) is 0 Å². The van der Waals surface area contributed by atoms with Gasteiger partial charge in [-0.15, -0.1) is 0 Å². The lowest BCUT2D eigenvalue weighted by Gasteiger charge is -2.21. The molecule has 2 aliphatic heterocycles. The molecule has 7 heteroatoms. The fraction of sp³-hybridized carbons (Fsp3) is 0.281. The summed E-state index contributed by atoms with van der Waals surface area (Å²) in [5.41, 5.74) is 8.59. The largest absolute Gasteiger partial charge is 0.511 e. The minimum Gasteiger partial charge on any atom is -0.449 e. The van der Waals surface area contributed by atoms with E-state index in [4.69, 9.17) is 19.8 Å². The molecule has 196 valence electrons. The number of carbonyl (C=O) groups is 1. The van der Waals surface area contributed by atoms with Crippen molar-refractivity contribution in [2.45, 2.75) is 45.1 Å². The van der Waals surface area contributed by atoms with Gasteiger partial charge in [0.15, 0.2) is 0 Å². The van der Waals surface area contributed by atoms with E-state index in [0.29, 0.717) is 11.7 Å². The van der Waals surface area contributed by atoms with Crippen LogP contribution < -0.4 is 4.74 Å². The van der Waals surface area contributed by atoms with Crippen LogP contribution in [0.3, 0.4) is 0 Å². The van der Waals surface area contributed by atoms with E-state index in [-0.39, 0.29) is 0 Å². The molecule has 39 heavy (non-hydrogen) atoms. The van der Waals surface area contributed by atoms with E-state index in [2.05, 4.69) is 46.7 Å². The molecule has 1 N–H and O–H groups in total. The van der Waals surface area contributed by atoms with Gasteiger partial charge in [-0.2, -0.15) is 0 Å². The van der Waals surface area contributed by atoms with Crippen molar-refractivity contribution < 1.29 is 14.6 Å². The number of para-hydroxylation sites is 1. The summed E-state index contributed by atoms with van der Waals surface area (Å²) in [5, 5.41) is 9.11. The Bertz CT molecular complexity index is 1660. The van der Waals surface area contributed by atoms with E-state index >= 15 is 0 Å². The van der Waals surface area contributed by atoms with Gasteiger partial charge in [0.1, 0.15) is 17.4 Å². The molecule has 1 saturated carbocycles. The number of imidazole rings is 1. The molecule has 1 aliphatic carbocycles. The molecule has 4 aromatic rings.